The Morgan fingerprint density at radius 2 is 1.24 bits per heavy atom. The zero-order valence-electron chi connectivity index (χ0n) is 17.2. The van der Waals surface area contributed by atoms with Crippen LogP contribution >= 0.6 is 34.3 Å². The second-order valence-electron chi connectivity index (χ2n) is 7.98. The van der Waals surface area contributed by atoms with E-state index in [9.17, 15) is 0 Å². The molecule has 5 heteroatoms. The van der Waals surface area contributed by atoms with Gasteiger partial charge in [0.15, 0.2) is 0 Å². The van der Waals surface area contributed by atoms with Gasteiger partial charge in [0.05, 0.1) is 5.69 Å². The SMILES string of the molecule is Clc1nc(-c2cccc(-c3cccc4sc5ccccc5c34)c2)c2c(n1)sc1ccccc12. The van der Waals surface area contributed by atoms with Gasteiger partial charge in [-0.1, -0.05) is 66.7 Å². The quantitative estimate of drug-likeness (QED) is 0.231. The summed E-state index contributed by atoms with van der Waals surface area (Å²) in [6, 6.07) is 32.2. The normalized spacial score (nSPS) is 11.8. The third kappa shape index (κ3) is 2.99. The lowest BCUT2D eigenvalue weighted by Gasteiger charge is -2.09. The van der Waals surface area contributed by atoms with Crippen molar-refractivity contribution in [2.45, 2.75) is 0 Å². The third-order valence-corrected chi connectivity index (χ3v) is 8.43. The van der Waals surface area contributed by atoms with Crippen molar-refractivity contribution < 1.29 is 0 Å². The van der Waals surface area contributed by atoms with Crippen molar-refractivity contribution in [2.24, 2.45) is 0 Å². The highest BCUT2D eigenvalue weighted by atomic mass is 35.5. The molecule has 0 N–H and O–H groups in total. The summed E-state index contributed by atoms with van der Waals surface area (Å²) < 4.78 is 3.80. The minimum atomic E-state index is 0.278. The average Bonchev–Trinajstić information content (AvgIpc) is 3.41. The lowest BCUT2D eigenvalue weighted by Crippen LogP contribution is -1.90. The summed E-state index contributed by atoms with van der Waals surface area (Å²) in [6.07, 6.45) is 0. The van der Waals surface area contributed by atoms with Crippen molar-refractivity contribution in [2.75, 3.05) is 0 Å². The molecule has 0 aliphatic heterocycles. The van der Waals surface area contributed by atoms with Crippen LogP contribution in [-0.2, 0) is 0 Å². The molecule has 156 valence electrons. The summed E-state index contributed by atoms with van der Waals surface area (Å²) in [4.78, 5) is 10.1. The first-order valence-corrected chi connectivity index (χ1v) is 12.6. The van der Waals surface area contributed by atoms with Crippen LogP contribution in [0.3, 0.4) is 0 Å². The number of hydrogen-bond donors (Lipinski definition) is 0. The maximum atomic E-state index is 6.37. The van der Waals surface area contributed by atoms with Crippen LogP contribution in [0.2, 0.25) is 5.28 Å². The molecule has 0 bridgehead atoms. The summed E-state index contributed by atoms with van der Waals surface area (Å²) in [7, 11) is 0. The molecule has 0 spiro atoms. The van der Waals surface area contributed by atoms with Gasteiger partial charge in [0, 0.05) is 41.2 Å². The maximum Gasteiger partial charge on any atom is 0.224 e. The monoisotopic (exact) mass is 478 g/mol. The largest absolute Gasteiger partial charge is 0.224 e. The molecule has 0 aliphatic rings. The molecule has 0 saturated carbocycles. The lowest BCUT2D eigenvalue weighted by atomic mass is 9.96. The van der Waals surface area contributed by atoms with E-state index < -0.39 is 0 Å². The number of aromatic nitrogens is 2. The van der Waals surface area contributed by atoms with E-state index in [0.717, 1.165) is 21.5 Å². The van der Waals surface area contributed by atoms with E-state index in [-0.39, 0.29) is 5.28 Å². The van der Waals surface area contributed by atoms with E-state index in [1.54, 1.807) is 11.3 Å². The topological polar surface area (TPSA) is 25.8 Å². The highest BCUT2D eigenvalue weighted by molar-refractivity contribution is 7.26. The molecule has 33 heavy (non-hydrogen) atoms. The second-order valence-corrected chi connectivity index (χ2v) is 10.4. The summed E-state index contributed by atoms with van der Waals surface area (Å²) in [5, 5.41) is 5.12. The molecule has 0 amide bonds. The number of fused-ring (bicyclic) bond motifs is 6. The van der Waals surface area contributed by atoms with Crippen molar-refractivity contribution in [1.82, 2.24) is 9.97 Å². The van der Waals surface area contributed by atoms with Crippen molar-refractivity contribution in [3.63, 3.8) is 0 Å². The molecule has 3 aromatic heterocycles. The minimum absolute atomic E-state index is 0.278. The Bertz CT molecular complexity index is 1850. The Morgan fingerprint density at radius 1 is 0.576 bits per heavy atom. The summed E-state index contributed by atoms with van der Waals surface area (Å²) in [5.74, 6) is 0. The number of halogens is 1. The van der Waals surface area contributed by atoms with Gasteiger partial charge in [-0.25, -0.2) is 9.97 Å². The summed E-state index contributed by atoms with van der Waals surface area (Å²) in [5.41, 5.74) is 4.33. The van der Waals surface area contributed by atoms with Crippen molar-refractivity contribution in [3.8, 4) is 22.4 Å². The molecule has 7 rings (SSSR count). The fourth-order valence-corrected chi connectivity index (χ4v) is 7.08. The first-order valence-electron chi connectivity index (χ1n) is 10.6. The van der Waals surface area contributed by atoms with Crippen LogP contribution in [0.4, 0.5) is 0 Å². The molecule has 0 saturated heterocycles. The Morgan fingerprint density at radius 3 is 2.09 bits per heavy atom. The van der Waals surface area contributed by atoms with Crippen molar-refractivity contribution in [1.29, 1.82) is 0 Å². The zero-order chi connectivity index (χ0) is 21.9. The first-order chi connectivity index (χ1) is 16.3. The van der Waals surface area contributed by atoms with E-state index in [1.807, 2.05) is 11.3 Å². The van der Waals surface area contributed by atoms with E-state index in [0.29, 0.717) is 0 Å². The Kier molecular flexibility index (Phi) is 4.28. The van der Waals surface area contributed by atoms with Gasteiger partial charge < -0.3 is 0 Å². The van der Waals surface area contributed by atoms with E-state index in [2.05, 4.69) is 96.0 Å². The average molecular weight is 479 g/mol. The van der Waals surface area contributed by atoms with Crippen LogP contribution in [0.1, 0.15) is 0 Å². The van der Waals surface area contributed by atoms with Crippen molar-refractivity contribution >= 4 is 74.7 Å². The molecule has 0 fully saturated rings. The Hall–Kier alpha value is -3.31. The highest BCUT2D eigenvalue weighted by Gasteiger charge is 2.16. The van der Waals surface area contributed by atoms with Gasteiger partial charge in [0.1, 0.15) is 4.83 Å². The molecule has 2 nitrogen and oxygen atoms in total. The second kappa shape index (κ2) is 7.35. The van der Waals surface area contributed by atoms with Gasteiger partial charge in [-0.3, -0.25) is 0 Å². The number of nitrogens with zero attached hydrogens (tertiary/aromatic N) is 2. The van der Waals surface area contributed by atoms with Crippen LogP contribution in [0.25, 0.3) is 62.9 Å². The molecular weight excluding hydrogens is 464 g/mol. The van der Waals surface area contributed by atoms with E-state index in [1.165, 1.54) is 41.4 Å². The van der Waals surface area contributed by atoms with Gasteiger partial charge in [-0.2, -0.15) is 0 Å². The number of thiophene rings is 2. The number of rotatable bonds is 2. The summed E-state index contributed by atoms with van der Waals surface area (Å²) >= 11 is 9.87. The fourth-order valence-electron chi connectivity index (χ4n) is 4.66. The maximum absolute atomic E-state index is 6.37. The molecule has 0 aliphatic carbocycles. The van der Waals surface area contributed by atoms with Crippen LogP contribution in [0.5, 0.6) is 0 Å². The minimum Gasteiger partial charge on any atom is -0.217 e. The van der Waals surface area contributed by atoms with Gasteiger partial charge in [0.2, 0.25) is 5.28 Å². The molecule has 0 radical (unpaired) electrons. The zero-order valence-corrected chi connectivity index (χ0v) is 19.6. The number of benzene rings is 4. The van der Waals surface area contributed by atoms with E-state index in [4.69, 9.17) is 16.6 Å². The predicted octanol–water partition coefficient (Wildman–Crippen LogP) is 9.20. The lowest BCUT2D eigenvalue weighted by molar-refractivity contribution is 1.24. The Balaban J connectivity index is 1.50. The molecule has 0 unspecified atom stereocenters. The highest BCUT2D eigenvalue weighted by Crippen LogP contribution is 2.42. The molecular formula is C28H15ClN2S2. The smallest absolute Gasteiger partial charge is 0.217 e. The number of hydrogen-bond acceptors (Lipinski definition) is 4. The van der Waals surface area contributed by atoms with E-state index >= 15 is 0 Å². The van der Waals surface area contributed by atoms with Gasteiger partial charge in [-0.15, -0.1) is 22.7 Å². The third-order valence-electron chi connectivity index (χ3n) is 6.06. The fraction of sp³-hybridized carbons (Fsp3) is 0. The molecule has 0 atom stereocenters. The van der Waals surface area contributed by atoms with Crippen LogP contribution < -0.4 is 0 Å². The van der Waals surface area contributed by atoms with Gasteiger partial charge in [0.25, 0.3) is 0 Å². The molecule has 7 aromatic rings. The van der Waals surface area contributed by atoms with Gasteiger partial charge in [-0.05, 0) is 47.0 Å². The first kappa shape index (κ1) is 19.2. The molecule has 4 aromatic carbocycles. The van der Waals surface area contributed by atoms with Crippen LogP contribution in [0.15, 0.2) is 91.0 Å². The van der Waals surface area contributed by atoms with Gasteiger partial charge >= 0.3 is 0 Å². The Labute approximate surface area is 202 Å². The predicted molar refractivity (Wildman–Crippen MR) is 144 cm³/mol. The van der Waals surface area contributed by atoms with Crippen molar-refractivity contribution in [3.05, 3.63) is 96.3 Å². The standard InChI is InChI=1S/C28H15ClN2S2/c29-28-30-26(25-20-10-2-4-13-22(20)33-27(25)31-28)17-8-5-7-16(15-17)18-11-6-14-23-24(18)19-9-1-3-12-21(19)32-23/h1-15H. The van der Waals surface area contributed by atoms with Crippen LogP contribution in [0, 0.1) is 0 Å². The molecule has 3 heterocycles. The summed E-state index contributed by atoms with van der Waals surface area (Å²) in [6.45, 7) is 0. The van der Waals surface area contributed by atoms with Crippen LogP contribution in [-0.4, -0.2) is 9.97 Å².